The number of aryl methyl sites for hydroxylation is 2. The lowest BCUT2D eigenvalue weighted by Gasteiger charge is -2.15. The average Bonchev–Trinajstić information content (AvgIpc) is 2.41. The molecule has 0 aliphatic rings. The van der Waals surface area contributed by atoms with Crippen LogP contribution < -0.4 is 11.3 Å². The molecule has 0 amide bonds. The maximum Gasteiger partial charge on any atom is 0.274 e. The number of nitrogens with two attached hydrogens (primary N) is 1. The van der Waals surface area contributed by atoms with Gasteiger partial charge in [0.05, 0.1) is 18.0 Å². The topological polar surface area (TPSA) is 57.2 Å². The van der Waals surface area contributed by atoms with Crippen molar-refractivity contribution < 1.29 is 4.74 Å². The number of anilines is 1. The summed E-state index contributed by atoms with van der Waals surface area (Å²) >= 11 is 0. The van der Waals surface area contributed by atoms with Gasteiger partial charge in [0.25, 0.3) is 5.56 Å². The molecule has 0 aliphatic carbocycles. The monoisotopic (exact) mass is 272 g/mol. The van der Waals surface area contributed by atoms with E-state index in [4.69, 9.17) is 10.5 Å². The van der Waals surface area contributed by atoms with Crippen LogP contribution in [-0.4, -0.2) is 18.3 Å². The van der Waals surface area contributed by atoms with Crippen molar-refractivity contribution in [3.8, 4) is 11.3 Å². The quantitative estimate of drug-likeness (QED) is 0.929. The highest BCUT2D eigenvalue weighted by Crippen LogP contribution is 2.23. The number of benzene rings is 1. The lowest BCUT2D eigenvalue weighted by atomic mass is 10.0. The summed E-state index contributed by atoms with van der Waals surface area (Å²) in [5.74, 6) is 0. The number of nitrogen functional groups attached to an aromatic ring is 1. The van der Waals surface area contributed by atoms with Gasteiger partial charge < -0.3 is 15.0 Å². The second kappa shape index (κ2) is 5.92. The maximum absolute atomic E-state index is 12.2. The van der Waals surface area contributed by atoms with E-state index in [0.29, 0.717) is 13.2 Å². The van der Waals surface area contributed by atoms with Crippen molar-refractivity contribution in [1.82, 2.24) is 4.57 Å². The lowest BCUT2D eigenvalue weighted by Crippen LogP contribution is -2.26. The normalized spacial score (nSPS) is 10.8. The third kappa shape index (κ3) is 2.75. The van der Waals surface area contributed by atoms with E-state index in [2.05, 4.69) is 13.0 Å². The minimum Gasteiger partial charge on any atom is -0.394 e. The highest BCUT2D eigenvalue weighted by Gasteiger charge is 2.10. The maximum atomic E-state index is 12.2. The van der Waals surface area contributed by atoms with Gasteiger partial charge in [0.15, 0.2) is 0 Å². The van der Waals surface area contributed by atoms with Crippen LogP contribution in [0.4, 0.5) is 5.69 Å². The molecule has 20 heavy (non-hydrogen) atoms. The van der Waals surface area contributed by atoms with Gasteiger partial charge >= 0.3 is 0 Å². The molecular formula is C16H20N2O2. The molecule has 0 saturated heterocycles. The zero-order valence-electron chi connectivity index (χ0n) is 12.1. The Bertz CT molecular complexity index is 675. The summed E-state index contributed by atoms with van der Waals surface area (Å²) in [6.45, 7) is 5.06. The number of nitrogens with zero attached hydrogens (tertiary/aromatic N) is 1. The Morgan fingerprint density at radius 1 is 1.20 bits per heavy atom. The van der Waals surface area contributed by atoms with Crippen molar-refractivity contribution in [3.05, 3.63) is 51.8 Å². The van der Waals surface area contributed by atoms with E-state index in [9.17, 15) is 4.79 Å². The summed E-state index contributed by atoms with van der Waals surface area (Å²) in [4.78, 5) is 12.2. The summed E-state index contributed by atoms with van der Waals surface area (Å²) in [7, 11) is 1.62. The first-order valence-corrected chi connectivity index (χ1v) is 6.60. The third-order valence-electron chi connectivity index (χ3n) is 3.38. The summed E-state index contributed by atoms with van der Waals surface area (Å²) in [6, 6.07) is 9.75. The molecule has 106 valence electrons. The minimum absolute atomic E-state index is 0.167. The third-order valence-corrected chi connectivity index (χ3v) is 3.38. The molecule has 0 saturated carbocycles. The van der Waals surface area contributed by atoms with Crippen LogP contribution in [0.2, 0.25) is 0 Å². The second-order valence-corrected chi connectivity index (χ2v) is 4.94. The molecule has 2 N–H and O–H groups in total. The summed E-state index contributed by atoms with van der Waals surface area (Å²) in [5, 5.41) is 0. The Labute approximate surface area is 118 Å². The average molecular weight is 272 g/mol. The molecule has 0 aliphatic heterocycles. The molecule has 0 radical (unpaired) electrons. The number of aromatic nitrogens is 1. The summed E-state index contributed by atoms with van der Waals surface area (Å²) in [6.07, 6.45) is 0. The van der Waals surface area contributed by atoms with Crippen LogP contribution in [0.1, 0.15) is 11.1 Å². The van der Waals surface area contributed by atoms with Gasteiger partial charge in [-0.3, -0.25) is 4.79 Å². The SMILES string of the molecule is COCCn1c(-c2ccc(C)cc2C)ccc(N)c1=O. The van der Waals surface area contributed by atoms with Crippen LogP contribution >= 0.6 is 0 Å². The molecule has 4 nitrogen and oxygen atoms in total. The number of methoxy groups -OCH3 is 1. The first kappa shape index (κ1) is 14.3. The number of rotatable bonds is 4. The van der Waals surface area contributed by atoms with E-state index in [1.54, 1.807) is 17.7 Å². The number of pyridine rings is 1. The fourth-order valence-corrected chi connectivity index (χ4v) is 2.34. The van der Waals surface area contributed by atoms with E-state index < -0.39 is 0 Å². The first-order chi connectivity index (χ1) is 9.54. The molecule has 0 spiro atoms. The fourth-order valence-electron chi connectivity index (χ4n) is 2.34. The Balaban J connectivity index is 2.61. The van der Waals surface area contributed by atoms with Crippen molar-refractivity contribution in [1.29, 1.82) is 0 Å². The summed E-state index contributed by atoms with van der Waals surface area (Å²) < 4.78 is 6.76. The van der Waals surface area contributed by atoms with E-state index in [-0.39, 0.29) is 11.2 Å². The molecular weight excluding hydrogens is 252 g/mol. The number of hydrogen-bond donors (Lipinski definition) is 1. The molecule has 0 atom stereocenters. The lowest BCUT2D eigenvalue weighted by molar-refractivity contribution is 0.186. The molecule has 1 heterocycles. The summed E-state index contributed by atoms with van der Waals surface area (Å²) in [5.41, 5.74) is 10.1. The molecule has 2 rings (SSSR count). The Kier molecular flexibility index (Phi) is 4.25. The molecule has 0 fully saturated rings. The number of ether oxygens (including phenoxy) is 1. The smallest absolute Gasteiger partial charge is 0.274 e. The second-order valence-electron chi connectivity index (χ2n) is 4.94. The van der Waals surface area contributed by atoms with E-state index in [1.807, 2.05) is 25.1 Å². The van der Waals surface area contributed by atoms with Gasteiger partial charge in [-0.2, -0.15) is 0 Å². The van der Waals surface area contributed by atoms with Gasteiger partial charge in [0.2, 0.25) is 0 Å². The van der Waals surface area contributed by atoms with E-state index in [1.165, 1.54) is 5.56 Å². The van der Waals surface area contributed by atoms with E-state index >= 15 is 0 Å². The Morgan fingerprint density at radius 2 is 1.95 bits per heavy atom. The van der Waals surface area contributed by atoms with Gasteiger partial charge in [-0.05, 0) is 31.5 Å². The number of hydrogen-bond acceptors (Lipinski definition) is 3. The molecule has 2 aromatic rings. The van der Waals surface area contributed by atoms with Crippen molar-refractivity contribution in [2.45, 2.75) is 20.4 Å². The molecule has 1 aromatic carbocycles. The molecule has 0 unspecified atom stereocenters. The molecule has 1 aromatic heterocycles. The van der Waals surface area contributed by atoms with Crippen molar-refractivity contribution in [2.75, 3.05) is 19.5 Å². The van der Waals surface area contributed by atoms with Gasteiger partial charge in [-0.15, -0.1) is 0 Å². The van der Waals surface area contributed by atoms with Gasteiger partial charge in [-0.1, -0.05) is 23.8 Å². The first-order valence-electron chi connectivity index (χ1n) is 6.60. The van der Waals surface area contributed by atoms with Gasteiger partial charge in [0.1, 0.15) is 0 Å². The minimum atomic E-state index is -0.167. The van der Waals surface area contributed by atoms with E-state index in [0.717, 1.165) is 16.8 Å². The van der Waals surface area contributed by atoms with Gasteiger partial charge in [0, 0.05) is 19.2 Å². The largest absolute Gasteiger partial charge is 0.394 e. The van der Waals surface area contributed by atoms with Crippen LogP contribution in [0.5, 0.6) is 0 Å². The zero-order chi connectivity index (χ0) is 14.7. The van der Waals surface area contributed by atoms with Crippen molar-refractivity contribution >= 4 is 5.69 Å². The van der Waals surface area contributed by atoms with Crippen molar-refractivity contribution in [2.24, 2.45) is 0 Å². The Hall–Kier alpha value is -2.07. The molecule has 0 bridgehead atoms. The van der Waals surface area contributed by atoms with Gasteiger partial charge in [-0.25, -0.2) is 0 Å². The van der Waals surface area contributed by atoms with Crippen LogP contribution in [-0.2, 0) is 11.3 Å². The Morgan fingerprint density at radius 3 is 2.60 bits per heavy atom. The fraction of sp³-hybridized carbons (Fsp3) is 0.312. The highest BCUT2D eigenvalue weighted by molar-refractivity contribution is 5.65. The standard InChI is InChI=1S/C16H20N2O2/c1-11-4-5-13(12(2)10-11)15-7-6-14(17)16(19)18(15)8-9-20-3/h4-7,10H,8-9,17H2,1-3H3. The predicted molar refractivity (Wildman–Crippen MR) is 81.9 cm³/mol. The van der Waals surface area contributed by atoms with Crippen molar-refractivity contribution in [3.63, 3.8) is 0 Å². The van der Waals surface area contributed by atoms with Crippen LogP contribution in [0.25, 0.3) is 11.3 Å². The van der Waals surface area contributed by atoms with Crippen LogP contribution in [0.15, 0.2) is 35.1 Å². The zero-order valence-corrected chi connectivity index (χ0v) is 12.1. The van der Waals surface area contributed by atoms with Crippen LogP contribution in [0.3, 0.4) is 0 Å². The van der Waals surface area contributed by atoms with Crippen LogP contribution in [0, 0.1) is 13.8 Å². The highest BCUT2D eigenvalue weighted by atomic mass is 16.5. The molecule has 4 heteroatoms. The predicted octanol–water partition coefficient (Wildman–Crippen LogP) is 2.36.